The van der Waals surface area contributed by atoms with Crippen LogP contribution in [0.15, 0.2) is 36.4 Å². The average Bonchev–Trinajstić information content (AvgIpc) is 2.64. The van der Waals surface area contributed by atoms with Gasteiger partial charge in [-0.2, -0.15) is 0 Å². The molecule has 2 rings (SSSR count). The lowest BCUT2D eigenvalue weighted by Crippen LogP contribution is -2.39. The summed E-state index contributed by atoms with van der Waals surface area (Å²) >= 11 is 0. The molecule has 2 amide bonds. The van der Waals surface area contributed by atoms with E-state index in [1.54, 1.807) is 38.4 Å². The van der Waals surface area contributed by atoms with E-state index < -0.39 is 5.82 Å². The van der Waals surface area contributed by atoms with Gasteiger partial charge in [0.05, 0.1) is 27.0 Å². The number of methoxy groups -OCH3 is 3. The Morgan fingerprint density at radius 1 is 0.880 bits per heavy atom. The molecule has 0 unspecified atom stereocenters. The van der Waals surface area contributed by atoms with Gasteiger partial charge in [0, 0.05) is 31.9 Å². The molecular weight excluding hydrogens is 327 g/mol. The maximum Gasteiger partial charge on any atom is 0.328 e. The van der Waals surface area contributed by atoms with Gasteiger partial charge >= 0.3 is 6.03 Å². The van der Waals surface area contributed by atoms with Crippen molar-refractivity contribution in [2.45, 2.75) is 0 Å². The molecule has 0 spiro atoms. The van der Waals surface area contributed by atoms with Gasteiger partial charge in [-0.25, -0.2) is 9.18 Å². The average molecular weight is 348 g/mol. The van der Waals surface area contributed by atoms with Gasteiger partial charge in [-0.1, -0.05) is 6.07 Å². The lowest BCUT2D eigenvalue weighted by molar-refractivity contribution is 0.253. The molecule has 0 heterocycles. The van der Waals surface area contributed by atoms with E-state index in [-0.39, 0.29) is 6.03 Å². The number of nitrogens with zero attached hydrogens (tertiary/aromatic N) is 2. The van der Waals surface area contributed by atoms with Gasteiger partial charge in [0.1, 0.15) is 5.82 Å². The van der Waals surface area contributed by atoms with E-state index >= 15 is 0 Å². The fourth-order valence-electron chi connectivity index (χ4n) is 2.39. The molecule has 0 aliphatic rings. The molecule has 7 heteroatoms. The first kappa shape index (κ1) is 18.4. The molecule has 0 radical (unpaired) electrons. The Balaban J connectivity index is 2.36. The van der Waals surface area contributed by atoms with Crippen LogP contribution in [0.5, 0.6) is 17.2 Å². The third-order valence-electron chi connectivity index (χ3n) is 3.81. The number of rotatable bonds is 5. The number of carbonyl (C=O) groups is 1. The number of hydrogen-bond donors (Lipinski definition) is 0. The molecule has 0 saturated carbocycles. The predicted octanol–water partition coefficient (Wildman–Crippen LogP) is 3.54. The van der Waals surface area contributed by atoms with Crippen molar-refractivity contribution in [3.8, 4) is 17.2 Å². The zero-order valence-electron chi connectivity index (χ0n) is 14.9. The van der Waals surface area contributed by atoms with E-state index in [9.17, 15) is 9.18 Å². The summed E-state index contributed by atoms with van der Waals surface area (Å²) in [7, 11) is 7.70. The van der Waals surface area contributed by atoms with Crippen molar-refractivity contribution >= 4 is 17.4 Å². The molecule has 0 aromatic heterocycles. The Kier molecular flexibility index (Phi) is 5.69. The van der Waals surface area contributed by atoms with Gasteiger partial charge in [-0.15, -0.1) is 0 Å². The molecule has 6 nitrogen and oxygen atoms in total. The fraction of sp³-hybridized carbons (Fsp3) is 0.278. The largest absolute Gasteiger partial charge is 0.493 e. The highest BCUT2D eigenvalue weighted by atomic mass is 19.1. The van der Waals surface area contributed by atoms with Crippen molar-refractivity contribution in [2.75, 3.05) is 45.2 Å². The molecular formula is C18H21FN2O4. The van der Waals surface area contributed by atoms with Crippen LogP contribution in [0.25, 0.3) is 0 Å². The van der Waals surface area contributed by atoms with Crippen LogP contribution in [-0.4, -0.2) is 41.5 Å². The first-order chi connectivity index (χ1) is 11.9. The van der Waals surface area contributed by atoms with Gasteiger partial charge in [0.2, 0.25) is 5.75 Å². The number of urea groups is 1. The Bertz CT molecular complexity index is 741. The van der Waals surface area contributed by atoms with Crippen LogP contribution in [0.2, 0.25) is 0 Å². The quantitative estimate of drug-likeness (QED) is 0.829. The standard InChI is InChI=1S/C18H21FN2O4/c1-20(13-8-6-7-12(19)9-13)18(22)21(2)14-10-15(23-3)17(25-5)16(11-14)24-4/h6-11H,1-5H3. The molecule has 25 heavy (non-hydrogen) atoms. The van der Waals surface area contributed by atoms with Crippen LogP contribution >= 0.6 is 0 Å². The summed E-state index contributed by atoms with van der Waals surface area (Å²) in [5.74, 6) is 0.899. The van der Waals surface area contributed by atoms with Gasteiger partial charge in [0.25, 0.3) is 0 Å². The van der Waals surface area contributed by atoms with E-state index in [1.807, 2.05) is 0 Å². The van der Waals surface area contributed by atoms with Crippen LogP contribution in [0.4, 0.5) is 20.6 Å². The SMILES string of the molecule is COc1cc(N(C)C(=O)N(C)c2cccc(F)c2)cc(OC)c1OC. The molecule has 0 fully saturated rings. The fourth-order valence-corrected chi connectivity index (χ4v) is 2.39. The summed E-state index contributed by atoms with van der Waals surface area (Å²) in [5.41, 5.74) is 0.993. The molecule has 2 aromatic carbocycles. The third-order valence-corrected chi connectivity index (χ3v) is 3.81. The van der Waals surface area contributed by atoms with Crippen LogP contribution in [0, 0.1) is 5.82 Å². The third kappa shape index (κ3) is 3.76. The van der Waals surface area contributed by atoms with Crippen molar-refractivity contribution in [3.05, 3.63) is 42.2 Å². The highest BCUT2D eigenvalue weighted by Crippen LogP contribution is 2.41. The van der Waals surface area contributed by atoms with Crippen molar-refractivity contribution in [1.82, 2.24) is 0 Å². The molecule has 0 saturated heterocycles. The van der Waals surface area contributed by atoms with Gasteiger partial charge in [-0.05, 0) is 18.2 Å². The minimum Gasteiger partial charge on any atom is -0.493 e. The number of hydrogen-bond acceptors (Lipinski definition) is 4. The molecule has 2 aromatic rings. The summed E-state index contributed by atoms with van der Waals surface area (Å²) < 4.78 is 29.3. The first-order valence-corrected chi connectivity index (χ1v) is 7.50. The molecule has 0 aliphatic heterocycles. The number of ether oxygens (including phenoxy) is 3. The lowest BCUT2D eigenvalue weighted by atomic mass is 10.2. The van der Waals surface area contributed by atoms with E-state index in [4.69, 9.17) is 14.2 Å². The van der Waals surface area contributed by atoms with E-state index in [0.29, 0.717) is 28.6 Å². The molecule has 0 bridgehead atoms. The predicted molar refractivity (Wildman–Crippen MR) is 94.7 cm³/mol. The Morgan fingerprint density at radius 3 is 1.92 bits per heavy atom. The summed E-state index contributed by atoms with van der Waals surface area (Å²) in [6, 6.07) is 8.81. The number of anilines is 2. The van der Waals surface area contributed by atoms with Crippen molar-refractivity contribution < 1.29 is 23.4 Å². The maximum atomic E-state index is 13.4. The minimum atomic E-state index is -0.410. The smallest absolute Gasteiger partial charge is 0.328 e. The first-order valence-electron chi connectivity index (χ1n) is 7.50. The number of benzene rings is 2. The van der Waals surface area contributed by atoms with Crippen molar-refractivity contribution in [1.29, 1.82) is 0 Å². The second-order valence-electron chi connectivity index (χ2n) is 5.26. The highest BCUT2D eigenvalue weighted by molar-refractivity contribution is 6.03. The second-order valence-corrected chi connectivity index (χ2v) is 5.26. The van der Waals surface area contributed by atoms with Crippen LogP contribution in [0.1, 0.15) is 0 Å². The van der Waals surface area contributed by atoms with E-state index in [2.05, 4.69) is 0 Å². The van der Waals surface area contributed by atoms with Crippen molar-refractivity contribution in [3.63, 3.8) is 0 Å². The minimum absolute atomic E-state index is 0.347. The van der Waals surface area contributed by atoms with E-state index in [0.717, 1.165) is 0 Å². The summed E-state index contributed by atoms with van der Waals surface area (Å²) in [4.78, 5) is 15.5. The van der Waals surface area contributed by atoms with Gasteiger partial charge in [0.15, 0.2) is 11.5 Å². The Labute approximate surface area is 146 Å². The molecule has 134 valence electrons. The summed E-state index contributed by atoms with van der Waals surface area (Å²) in [6.07, 6.45) is 0. The summed E-state index contributed by atoms with van der Waals surface area (Å²) in [5, 5.41) is 0. The Morgan fingerprint density at radius 2 is 1.44 bits per heavy atom. The van der Waals surface area contributed by atoms with E-state index in [1.165, 1.54) is 43.3 Å². The van der Waals surface area contributed by atoms with Crippen molar-refractivity contribution in [2.24, 2.45) is 0 Å². The van der Waals surface area contributed by atoms with Gasteiger partial charge in [-0.3, -0.25) is 9.80 Å². The summed E-state index contributed by atoms with van der Waals surface area (Å²) in [6.45, 7) is 0. The number of amides is 2. The number of halogens is 1. The second kappa shape index (κ2) is 7.74. The van der Waals surface area contributed by atoms with Crippen LogP contribution in [-0.2, 0) is 0 Å². The van der Waals surface area contributed by atoms with Crippen LogP contribution in [0.3, 0.4) is 0 Å². The lowest BCUT2D eigenvalue weighted by Gasteiger charge is -2.26. The maximum absolute atomic E-state index is 13.4. The Hall–Kier alpha value is -2.96. The topological polar surface area (TPSA) is 51.2 Å². The normalized spacial score (nSPS) is 10.2. The zero-order chi connectivity index (χ0) is 18.6. The van der Waals surface area contributed by atoms with Gasteiger partial charge < -0.3 is 14.2 Å². The molecule has 0 N–H and O–H groups in total. The molecule has 0 aliphatic carbocycles. The molecule has 0 atom stereocenters. The number of carbonyl (C=O) groups excluding carboxylic acids is 1. The monoisotopic (exact) mass is 348 g/mol. The van der Waals surface area contributed by atoms with Crippen LogP contribution < -0.4 is 24.0 Å². The zero-order valence-corrected chi connectivity index (χ0v) is 14.9. The highest BCUT2D eigenvalue weighted by Gasteiger charge is 2.21.